The van der Waals surface area contributed by atoms with Crippen LogP contribution in [0.15, 0.2) is 0 Å². The van der Waals surface area contributed by atoms with Crippen LogP contribution < -0.4 is 4.72 Å². The summed E-state index contributed by atoms with van der Waals surface area (Å²) < 4.78 is 35.1. The standard InChI is InChI=1S/C6H15NO4S2/c1-6(5-12(2)9)7-13(10,11)4-3-8/h6-8H,3-5H2,1-2H3. The van der Waals surface area contributed by atoms with Crippen LogP contribution in [0.2, 0.25) is 0 Å². The molecule has 0 aromatic carbocycles. The summed E-state index contributed by atoms with van der Waals surface area (Å²) in [6.45, 7) is 1.23. The number of sulfonamides is 1. The van der Waals surface area contributed by atoms with E-state index in [1.165, 1.54) is 6.26 Å². The number of hydrogen-bond donors (Lipinski definition) is 2. The molecule has 0 aliphatic rings. The molecule has 0 amide bonds. The Labute approximate surface area is 81.0 Å². The molecule has 5 nitrogen and oxygen atoms in total. The van der Waals surface area contributed by atoms with Gasteiger partial charge in [-0.15, -0.1) is 0 Å². The normalized spacial score (nSPS) is 16.8. The van der Waals surface area contributed by atoms with Gasteiger partial charge in [0.1, 0.15) is 0 Å². The van der Waals surface area contributed by atoms with E-state index < -0.39 is 27.4 Å². The smallest absolute Gasteiger partial charge is 0.214 e. The van der Waals surface area contributed by atoms with E-state index in [4.69, 9.17) is 5.11 Å². The topological polar surface area (TPSA) is 83.5 Å². The summed E-state index contributed by atoms with van der Waals surface area (Å²) in [4.78, 5) is 0. The van der Waals surface area contributed by atoms with E-state index in [-0.39, 0.29) is 17.5 Å². The van der Waals surface area contributed by atoms with Crippen molar-refractivity contribution in [1.82, 2.24) is 4.72 Å². The second-order valence-electron chi connectivity index (χ2n) is 2.80. The summed E-state index contributed by atoms with van der Waals surface area (Å²) in [5.74, 6) is -0.0294. The van der Waals surface area contributed by atoms with Crippen LogP contribution in [-0.4, -0.2) is 48.1 Å². The first kappa shape index (κ1) is 13.0. The molecule has 0 radical (unpaired) electrons. The second kappa shape index (κ2) is 5.69. The minimum absolute atomic E-state index is 0.282. The van der Waals surface area contributed by atoms with E-state index in [1.807, 2.05) is 0 Å². The number of aliphatic hydroxyl groups excluding tert-OH is 1. The monoisotopic (exact) mass is 229 g/mol. The Balaban J connectivity index is 4.04. The summed E-state index contributed by atoms with van der Waals surface area (Å²) in [7, 11) is -4.43. The Morgan fingerprint density at radius 1 is 1.54 bits per heavy atom. The average molecular weight is 229 g/mol. The fourth-order valence-corrected chi connectivity index (χ4v) is 2.82. The lowest BCUT2D eigenvalue weighted by Gasteiger charge is -2.11. The third-order valence-corrected chi connectivity index (χ3v) is 3.68. The average Bonchev–Trinajstić information content (AvgIpc) is 1.81. The molecule has 0 rings (SSSR count). The first-order valence-corrected chi connectivity index (χ1v) is 7.16. The third kappa shape index (κ3) is 7.12. The zero-order valence-corrected chi connectivity index (χ0v) is 9.32. The molecule has 0 spiro atoms. The minimum atomic E-state index is -3.41. The van der Waals surface area contributed by atoms with Gasteiger partial charge in [-0.2, -0.15) is 0 Å². The van der Waals surface area contributed by atoms with Crippen molar-refractivity contribution < 1.29 is 17.7 Å². The lowest BCUT2D eigenvalue weighted by atomic mass is 10.4. The van der Waals surface area contributed by atoms with E-state index in [0.717, 1.165) is 0 Å². The molecule has 13 heavy (non-hydrogen) atoms. The molecule has 0 aromatic rings. The van der Waals surface area contributed by atoms with Gasteiger partial charge in [0.05, 0.1) is 12.4 Å². The number of aliphatic hydroxyl groups is 1. The fourth-order valence-electron chi connectivity index (χ4n) is 0.872. The van der Waals surface area contributed by atoms with Gasteiger partial charge in [0.15, 0.2) is 0 Å². The van der Waals surface area contributed by atoms with Crippen LogP contribution in [0.3, 0.4) is 0 Å². The predicted molar refractivity (Wildman–Crippen MR) is 52.4 cm³/mol. The maximum absolute atomic E-state index is 11.1. The molecule has 7 heteroatoms. The number of rotatable bonds is 6. The maximum atomic E-state index is 11.1. The molecule has 0 aliphatic carbocycles. The molecule has 0 heterocycles. The summed E-state index contributed by atoms with van der Waals surface area (Å²) in [5.41, 5.74) is 0. The first-order chi connectivity index (χ1) is 5.87. The van der Waals surface area contributed by atoms with E-state index in [9.17, 15) is 12.6 Å². The summed E-state index contributed by atoms with van der Waals surface area (Å²) >= 11 is 0. The zero-order valence-electron chi connectivity index (χ0n) is 7.69. The fraction of sp³-hybridized carbons (Fsp3) is 1.00. The zero-order chi connectivity index (χ0) is 10.5. The highest BCUT2D eigenvalue weighted by Gasteiger charge is 2.14. The Morgan fingerprint density at radius 2 is 2.08 bits per heavy atom. The lowest BCUT2D eigenvalue weighted by Crippen LogP contribution is -2.38. The highest BCUT2D eigenvalue weighted by Crippen LogP contribution is 1.91. The van der Waals surface area contributed by atoms with Gasteiger partial charge in [-0.1, -0.05) is 0 Å². The van der Waals surface area contributed by atoms with Gasteiger partial charge >= 0.3 is 0 Å². The van der Waals surface area contributed by atoms with E-state index >= 15 is 0 Å². The Hall–Kier alpha value is 0.0200. The van der Waals surface area contributed by atoms with Gasteiger partial charge in [-0.25, -0.2) is 13.1 Å². The Bertz CT molecular complexity index is 262. The van der Waals surface area contributed by atoms with Crippen molar-refractivity contribution in [3.63, 3.8) is 0 Å². The quantitative estimate of drug-likeness (QED) is 0.591. The minimum Gasteiger partial charge on any atom is -0.395 e. The van der Waals surface area contributed by atoms with Crippen LogP contribution in [0.4, 0.5) is 0 Å². The van der Waals surface area contributed by atoms with Crippen LogP contribution in [0, 0.1) is 0 Å². The van der Waals surface area contributed by atoms with Crippen molar-refractivity contribution in [3.8, 4) is 0 Å². The molecule has 0 bridgehead atoms. The van der Waals surface area contributed by atoms with Gasteiger partial charge in [0, 0.05) is 28.9 Å². The first-order valence-electron chi connectivity index (χ1n) is 3.78. The summed E-state index contributed by atoms with van der Waals surface area (Å²) in [6, 6.07) is -0.359. The van der Waals surface area contributed by atoms with Crippen molar-refractivity contribution in [1.29, 1.82) is 0 Å². The molecule has 2 unspecified atom stereocenters. The molecular formula is C6H15NO4S2. The van der Waals surface area contributed by atoms with Crippen molar-refractivity contribution >= 4 is 20.8 Å². The SMILES string of the molecule is CC(CS(C)=O)NS(=O)(=O)CCO. The van der Waals surface area contributed by atoms with Crippen LogP contribution in [0.1, 0.15) is 6.92 Å². The Morgan fingerprint density at radius 3 is 2.46 bits per heavy atom. The van der Waals surface area contributed by atoms with Gasteiger partial charge in [-0.3, -0.25) is 4.21 Å². The van der Waals surface area contributed by atoms with Crippen molar-refractivity contribution in [2.24, 2.45) is 0 Å². The maximum Gasteiger partial charge on any atom is 0.214 e. The molecule has 0 aromatic heterocycles. The van der Waals surface area contributed by atoms with Crippen molar-refractivity contribution in [2.75, 3.05) is 24.4 Å². The number of nitrogens with one attached hydrogen (secondary N) is 1. The lowest BCUT2D eigenvalue weighted by molar-refractivity contribution is 0.319. The van der Waals surface area contributed by atoms with Gasteiger partial charge < -0.3 is 5.11 Å². The summed E-state index contributed by atoms with van der Waals surface area (Å²) in [5, 5.41) is 8.42. The molecule has 2 N–H and O–H groups in total. The molecule has 0 fully saturated rings. The molecule has 0 saturated carbocycles. The largest absolute Gasteiger partial charge is 0.395 e. The second-order valence-corrected chi connectivity index (χ2v) is 6.15. The van der Waals surface area contributed by atoms with Gasteiger partial charge in [0.25, 0.3) is 0 Å². The molecule has 0 aliphatic heterocycles. The van der Waals surface area contributed by atoms with Crippen LogP contribution in [-0.2, 0) is 20.8 Å². The van der Waals surface area contributed by atoms with Crippen LogP contribution >= 0.6 is 0 Å². The van der Waals surface area contributed by atoms with Gasteiger partial charge in [-0.05, 0) is 6.92 Å². The molecular weight excluding hydrogens is 214 g/mol. The van der Waals surface area contributed by atoms with E-state index in [2.05, 4.69) is 4.72 Å². The van der Waals surface area contributed by atoms with Gasteiger partial charge in [0.2, 0.25) is 10.0 Å². The van der Waals surface area contributed by atoms with Crippen LogP contribution in [0.25, 0.3) is 0 Å². The highest BCUT2D eigenvalue weighted by molar-refractivity contribution is 7.89. The molecule has 2 atom stereocenters. The van der Waals surface area contributed by atoms with E-state index in [1.54, 1.807) is 6.92 Å². The number of hydrogen-bond acceptors (Lipinski definition) is 4. The Kier molecular flexibility index (Phi) is 5.70. The highest BCUT2D eigenvalue weighted by atomic mass is 32.2. The predicted octanol–water partition coefficient (Wildman–Crippen LogP) is -1.33. The summed E-state index contributed by atoms with van der Waals surface area (Å²) in [6.07, 6.45) is 1.51. The molecule has 80 valence electrons. The molecule has 0 saturated heterocycles. The third-order valence-electron chi connectivity index (χ3n) is 1.23. The van der Waals surface area contributed by atoms with E-state index in [0.29, 0.717) is 0 Å². The van der Waals surface area contributed by atoms with Crippen LogP contribution in [0.5, 0.6) is 0 Å². The van der Waals surface area contributed by atoms with Crippen molar-refractivity contribution in [2.45, 2.75) is 13.0 Å². The van der Waals surface area contributed by atoms with Crippen molar-refractivity contribution in [3.05, 3.63) is 0 Å².